The molecule has 2 unspecified atom stereocenters. The predicted octanol–water partition coefficient (Wildman–Crippen LogP) is 2.42. The van der Waals surface area contributed by atoms with Gasteiger partial charge in [0.1, 0.15) is 12.0 Å². The molecule has 0 saturated carbocycles. The summed E-state index contributed by atoms with van der Waals surface area (Å²) in [5.74, 6) is -1.71. The Hall–Kier alpha value is -3.24. The average Bonchev–Trinajstić information content (AvgIpc) is 3.59. The number of hydrogen-bond donors (Lipinski definition) is 3. The minimum Gasteiger partial charge on any atom is -0.396 e. The number of carbonyl (C=O) groups is 2. The maximum atomic E-state index is 13.4. The number of hydrogen-bond acceptors (Lipinski definition) is 7. The number of aryl methyl sites for hydroxylation is 1. The Morgan fingerprint density at radius 2 is 2.12 bits per heavy atom. The number of likely N-dealkylation sites (tertiary alicyclic amines) is 1. The number of rotatable bonds is 8. The molecule has 1 aliphatic rings. The minimum absolute atomic E-state index is 0.166. The molecule has 10 heteroatoms. The Bertz CT molecular complexity index is 1200. The van der Waals surface area contributed by atoms with Crippen LogP contribution in [0.4, 0.5) is 0 Å². The number of benzene rings is 1. The molecule has 4 rings (SSSR count). The zero-order chi connectivity index (χ0) is 24.2. The van der Waals surface area contributed by atoms with E-state index in [9.17, 15) is 19.5 Å². The molecule has 0 spiro atoms. The van der Waals surface area contributed by atoms with Crippen LogP contribution in [0.3, 0.4) is 0 Å². The van der Waals surface area contributed by atoms with E-state index in [1.54, 1.807) is 18.3 Å². The summed E-state index contributed by atoms with van der Waals surface area (Å²) in [6.45, 7) is 4.21. The number of nitrogens with one attached hydrogen (secondary N) is 2. The number of nitrogens with zero attached hydrogens (tertiary/aromatic N) is 2. The number of amides is 2. The molecule has 180 valence electrons. The Morgan fingerprint density at radius 3 is 2.74 bits per heavy atom. The third-order valence-corrected chi connectivity index (χ3v) is 7.22. The molecule has 1 aliphatic heterocycles. The summed E-state index contributed by atoms with van der Waals surface area (Å²) in [6, 6.07) is 8.58. The summed E-state index contributed by atoms with van der Waals surface area (Å²) in [5.41, 5.74) is 4.40. The van der Waals surface area contributed by atoms with Gasteiger partial charge in [-0.05, 0) is 36.8 Å². The van der Waals surface area contributed by atoms with Crippen molar-refractivity contribution in [2.24, 2.45) is 5.92 Å². The Kier molecular flexibility index (Phi) is 7.28. The maximum absolute atomic E-state index is 13.4. The van der Waals surface area contributed by atoms with Crippen molar-refractivity contribution < 1.29 is 19.2 Å². The van der Waals surface area contributed by atoms with Crippen LogP contribution in [0.1, 0.15) is 42.7 Å². The van der Waals surface area contributed by atoms with E-state index in [0.29, 0.717) is 25.9 Å². The zero-order valence-electron chi connectivity index (χ0n) is 19.1. The smallest absolute Gasteiger partial charge is 0.280 e. The SMILES string of the molecule is Cc1ncsc1-c1ccc(CNC(=O)C2CCCN2C(=O)[C@H](c2cc(=O)[nH]o2)C(C)CO)cc1. The van der Waals surface area contributed by atoms with Gasteiger partial charge in [0.05, 0.1) is 16.1 Å². The fourth-order valence-corrected chi connectivity index (χ4v) is 5.15. The van der Waals surface area contributed by atoms with E-state index in [1.807, 2.05) is 36.7 Å². The number of carbonyl (C=O) groups excluding carboxylic acids is 2. The van der Waals surface area contributed by atoms with Crippen LogP contribution in [0.2, 0.25) is 0 Å². The standard InChI is InChI=1S/C24H28N4O5S/c1-14(12-29)21(19-10-20(30)27-33-19)24(32)28-9-3-4-18(28)23(31)25-11-16-5-7-17(8-6-16)22-15(2)26-13-34-22/h5-8,10,13-14,18,21,29H,3-4,9,11-12H2,1-2H3,(H,25,31)(H,27,30)/t14?,18?,21-/m0/s1. The van der Waals surface area contributed by atoms with Crippen LogP contribution in [0.15, 0.2) is 45.2 Å². The molecule has 1 aromatic carbocycles. The lowest BCUT2D eigenvalue weighted by Gasteiger charge is -2.29. The lowest BCUT2D eigenvalue weighted by molar-refractivity contribution is -0.141. The topological polar surface area (TPSA) is 129 Å². The fourth-order valence-electron chi connectivity index (χ4n) is 4.34. The molecular formula is C24H28N4O5S. The normalized spacial score (nSPS) is 17.5. The first-order valence-corrected chi connectivity index (χ1v) is 12.1. The zero-order valence-corrected chi connectivity index (χ0v) is 19.9. The quantitative estimate of drug-likeness (QED) is 0.450. The van der Waals surface area contributed by atoms with Crippen LogP contribution in [0.5, 0.6) is 0 Å². The van der Waals surface area contributed by atoms with E-state index < -0.39 is 23.4 Å². The van der Waals surface area contributed by atoms with E-state index in [1.165, 1.54) is 11.0 Å². The van der Waals surface area contributed by atoms with E-state index in [-0.39, 0.29) is 24.2 Å². The largest absolute Gasteiger partial charge is 0.396 e. The highest BCUT2D eigenvalue weighted by Crippen LogP contribution is 2.30. The molecule has 2 amide bonds. The molecule has 2 aromatic heterocycles. The van der Waals surface area contributed by atoms with Gasteiger partial charge in [0.25, 0.3) is 5.56 Å². The maximum Gasteiger partial charge on any atom is 0.280 e. The van der Waals surface area contributed by atoms with Gasteiger partial charge >= 0.3 is 0 Å². The Morgan fingerprint density at radius 1 is 1.35 bits per heavy atom. The van der Waals surface area contributed by atoms with Crippen LogP contribution in [0, 0.1) is 12.8 Å². The van der Waals surface area contributed by atoms with Crippen LogP contribution in [0.25, 0.3) is 10.4 Å². The summed E-state index contributed by atoms with van der Waals surface area (Å²) in [4.78, 5) is 44.9. The third-order valence-electron chi connectivity index (χ3n) is 6.24. The van der Waals surface area contributed by atoms with Crippen molar-refractivity contribution in [2.75, 3.05) is 13.2 Å². The highest BCUT2D eigenvalue weighted by atomic mass is 32.1. The highest BCUT2D eigenvalue weighted by Gasteiger charge is 2.40. The van der Waals surface area contributed by atoms with Crippen molar-refractivity contribution in [3.8, 4) is 10.4 Å². The molecule has 0 aliphatic carbocycles. The van der Waals surface area contributed by atoms with Crippen LogP contribution in [-0.2, 0) is 16.1 Å². The lowest BCUT2D eigenvalue weighted by atomic mass is 9.90. The number of aromatic amines is 1. The predicted molar refractivity (Wildman–Crippen MR) is 127 cm³/mol. The number of thiazole rings is 1. The summed E-state index contributed by atoms with van der Waals surface area (Å²) >= 11 is 1.59. The number of aliphatic hydroxyl groups excluding tert-OH is 1. The van der Waals surface area contributed by atoms with Gasteiger partial charge in [-0.2, -0.15) is 5.16 Å². The lowest BCUT2D eigenvalue weighted by Crippen LogP contribution is -2.48. The van der Waals surface area contributed by atoms with Gasteiger partial charge in [0.15, 0.2) is 5.76 Å². The van der Waals surface area contributed by atoms with Crippen molar-refractivity contribution in [2.45, 2.75) is 45.2 Å². The molecule has 34 heavy (non-hydrogen) atoms. The molecule has 1 saturated heterocycles. The molecule has 3 heterocycles. The van der Waals surface area contributed by atoms with Gasteiger partial charge in [0.2, 0.25) is 11.8 Å². The van der Waals surface area contributed by atoms with Crippen molar-refractivity contribution in [1.29, 1.82) is 0 Å². The van der Waals surface area contributed by atoms with Gasteiger partial charge in [-0.15, -0.1) is 11.3 Å². The number of H-pyrrole nitrogens is 1. The number of aliphatic hydroxyl groups is 1. The van der Waals surface area contributed by atoms with Crippen molar-refractivity contribution in [3.63, 3.8) is 0 Å². The number of aromatic nitrogens is 2. The summed E-state index contributed by atoms with van der Waals surface area (Å²) < 4.78 is 5.18. The van der Waals surface area contributed by atoms with Gasteiger partial charge in [0, 0.05) is 25.8 Å². The average molecular weight is 485 g/mol. The first kappa shape index (κ1) is 23.9. The molecule has 0 radical (unpaired) electrons. The monoisotopic (exact) mass is 484 g/mol. The molecule has 1 fully saturated rings. The molecule has 9 nitrogen and oxygen atoms in total. The molecular weight excluding hydrogens is 456 g/mol. The van der Waals surface area contributed by atoms with E-state index in [2.05, 4.69) is 15.5 Å². The van der Waals surface area contributed by atoms with E-state index in [0.717, 1.165) is 21.7 Å². The second-order valence-electron chi connectivity index (χ2n) is 8.62. The van der Waals surface area contributed by atoms with E-state index >= 15 is 0 Å². The second kappa shape index (κ2) is 10.4. The van der Waals surface area contributed by atoms with Crippen LogP contribution in [-0.4, -0.2) is 51.2 Å². The molecule has 0 bridgehead atoms. The van der Waals surface area contributed by atoms with Gasteiger partial charge in [-0.1, -0.05) is 31.2 Å². The summed E-state index contributed by atoms with van der Waals surface area (Å²) in [6.07, 6.45) is 1.25. The molecule has 3 aromatic rings. The van der Waals surface area contributed by atoms with Gasteiger partial charge < -0.3 is 19.8 Å². The van der Waals surface area contributed by atoms with Crippen molar-refractivity contribution in [1.82, 2.24) is 20.4 Å². The minimum atomic E-state index is -0.847. The highest BCUT2D eigenvalue weighted by molar-refractivity contribution is 7.13. The van der Waals surface area contributed by atoms with Gasteiger partial charge in [-0.25, -0.2) is 4.98 Å². The fraction of sp³-hybridized carbons (Fsp3) is 0.417. The first-order valence-electron chi connectivity index (χ1n) is 11.3. The van der Waals surface area contributed by atoms with Crippen LogP contribution >= 0.6 is 11.3 Å². The third kappa shape index (κ3) is 4.97. The van der Waals surface area contributed by atoms with Crippen molar-refractivity contribution in [3.05, 3.63) is 63.2 Å². The Labute approximate surface area is 200 Å². The second-order valence-corrected chi connectivity index (χ2v) is 9.48. The summed E-state index contributed by atoms with van der Waals surface area (Å²) in [7, 11) is 0. The summed E-state index contributed by atoms with van der Waals surface area (Å²) in [5, 5.41) is 14.8. The molecule has 3 N–H and O–H groups in total. The Balaban J connectivity index is 1.42. The first-order chi connectivity index (χ1) is 16.4. The van der Waals surface area contributed by atoms with Gasteiger partial charge in [-0.3, -0.25) is 14.4 Å². The molecule has 3 atom stereocenters. The van der Waals surface area contributed by atoms with Crippen LogP contribution < -0.4 is 10.9 Å². The van der Waals surface area contributed by atoms with E-state index in [4.69, 9.17) is 4.52 Å². The van der Waals surface area contributed by atoms with Crippen molar-refractivity contribution >= 4 is 23.2 Å².